The van der Waals surface area contributed by atoms with Gasteiger partial charge < -0.3 is 62.5 Å². The maximum Gasteiger partial charge on any atom is 0.146 e. The SMILES string of the molecule is C#Cc1cc2c(O)c(c1)COC[C@H](c1ccccc1)OCCOCCO[C@@H](c1ccccc1)COC2.CC(C)[Si](C#Cc1ccc(C#C[Si](C)(C)C)c(Br)c1)(C(C)C)C(C)C.CC(C)[Si](C#Cc1ccc(C#C[Si](C)(C)C)c(C#Cc2cc3c(O)c(c2)COC[C@H](c2ccccc2)OCCOCCO[C@@H](c2ccccc2)COC3)c1)(C(C)C)C(C)C.CCN(CC)CC. The summed E-state index contributed by atoms with van der Waals surface area (Å²) in [5.41, 5.74) is 30.9. The van der Waals surface area contributed by atoms with Crippen LogP contribution in [-0.2, 0) is 73.8 Å². The molecule has 0 radical (unpaired) electrons. The van der Waals surface area contributed by atoms with Crippen LogP contribution in [-0.4, -0.2) is 146 Å². The molecule has 8 aromatic carbocycles. The van der Waals surface area contributed by atoms with Gasteiger partial charge in [0.1, 0.15) is 68.2 Å². The summed E-state index contributed by atoms with van der Waals surface area (Å²) in [5, 5.41) is 22.6. The Balaban J connectivity index is 0.000000278. The zero-order valence-electron chi connectivity index (χ0n) is 80.4. The Hall–Kier alpha value is -8.37. The van der Waals surface area contributed by atoms with Gasteiger partial charge >= 0.3 is 0 Å². The first kappa shape index (κ1) is 107. The molecule has 2 aliphatic rings. The average Bonchev–Trinajstić information content (AvgIpc) is 0.821. The Bertz CT molecular complexity index is 4850. The minimum absolute atomic E-state index is 0.122. The van der Waals surface area contributed by atoms with E-state index in [9.17, 15) is 10.2 Å². The smallest absolute Gasteiger partial charge is 0.146 e. The van der Waals surface area contributed by atoms with Gasteiger partial charge in [0.05, 0.1) is 106 Å². The maximum atomic E-state index is 11.7. The molecule has 10 rings (SSSR count). The molecule has 2 heterocycles. The maximum absolute atomic E-state index is 11.7. The molecule has 4 atom stereocenters. The van der Waals surface area contributed by atoms with Gasteiger partial charge in [-0.1, -0.05) is 306 Å². The summed E-state index contributed by atoms with van der Waals surface area (Å²) >= 11 is 3.68. The van der Waals surface area contributed by atoms with Crippen molar-refractivity contribution >= 4 is 48.2 Å². The van der Waals surface area contributed by atoms with Gasteiger partial charge in [-0.3, -0.25) is 0 Å². The van der Waals surface area contributed by atoms with E-state index in [1.54, 1.807) is 12.1 Å². The quantitative estimate of drug-likeness (QED) is 0.0838. The molecule has 4 bridgehead atoms. The number of phenolic OH excluding ortho intramolecular Hbond substituents is 2. The Morgan fingerprint density at radius 2 is 0.633 bits per heavy atom. The molecule has 8 aromatic rings. The van der Waals surface area contributed by atoms with E-state index in [0.29, 0.717) is 127 Å². The lowest BCUT2D eigenvalue weighted by atomic mass is 10.0. The van der Waals surface area contributed by atoms with E-state index in [2.05, 4.69) is 264 Å². The highest BCUT2D eigenvalue weighted by Crippen LogP contribution is 2.43. The molecule has 0 spiro atoms. The van der Waals surface area contributed by atoms with E-state index >= 15 is 0 Å². The van der Waals surface area contributed by atoms with E-state index in [0.717, 1.165) is 60.1 Å². The first-order valence-electron chi connectivity index (χ1n) is 45.8. The zero-order chi connectivity index (χ0) is 93.2. The second-order valence-corrected chi connectivity index (χ2v) is 57.9. The van der Waals surface area contributed by atoms with E-state index in [1.807, 2.05) is 133 Å². The normalized spacial score (nSPS) is 16.8. The van der Waals surface area contributed by atoms with E-state index in [-0.39, 0.29) is 75.6 Å². The average molecular weight is 1860 g/mol. The fourth-order valence-corrected chi connectivity index (χ4v) is 28.1. The highest BCUT2D eigenvalue weighted by atomic mass is 79.9. The van der Waals surface area contributed by atoms with Gasteiger partial charge in [-0.25, -0.2) is 0 Å². The lowest BCUT2D eigenvalue weighted by molar-refractivity contribution is -0.0646. The minimum atomic E-state index is -1.94. The lowest BCUT2D eigenvalue weighted by Gasteiger charge is -2.38. The molecular formula is C110H144BrNO12Si4. The molecule has 13 nitrogen and oxygen atoms in total. The number of hydrogen-bond donors (Lipinski definition) is 2. The van der Waals surface area contributed by atoms with Crippen LogP contribution in [0.2, 0.25) is 72.5 Å². The summed E-state index contributed by atoms with van der Waals surface area (Å²) < 4.78 is 62.0. The Kier molecular flexibility index (Phi) is 45.9. The Morgan fingerprint density at radius 1 is 0.336 bits per heavy atom. The van der Waals surface area contributed by atoms with Crippen molar-refractivity contribution in [3.63, 3.8) is 0 Å². The number of nitrogens with zero attached hydrogens (tertiary/aromatic N) is 1. The molecule has 2 aliphatic heterocycles. The summed E-state index contributed by atoms with van der Waals surface area (Å²) in [4.78, 5) is 2.38. The van der Waals surface area contributed by atoms with Crippen molar-refractivity contribution in [2.75, 3.05) is 98.9 Å². The van der Waals surface area contributed by atoms with Gasteiger partial charge in [0.25, 0.3) is 0 Å². The van der Waals surface area contributed by atoms with Crippen LogP contribution >= 0.6 is 15.9 Å². The molecule has 0 unspecified atom stereocenters. The van der Waals surface area contributed by atoms with E-state index in [4.69, 9.17) is 53.8 Å². The number of hydrogen-bond acceptors (Lipinski definition) is 13. The number of rotatable bonds is 13. The summed E-state index contributed by atoms with van der Waals surface area (Å²) in [6, 6.07) is 59.8. The van der Waals surface area contributed by atoms with Crippen molar-refractivity contribution in [3.8, 4) is 81.5 Å². The molecule has 0 saturated carbocycles. The fraction of sp³-hybridized carbons (Fsp3) is 0.455. The van der Waals surface area contributed by atoms with Crippen LogP contribution in [0.4, 0.5) is 0 Å². The number of benzene rings is 8. The van der Waals surface area contributed by atoms with Crippen LogP contribution in [0.5, 0.6) is 11.5 Å². The number of ether oxygens (including phenoxy) is 10. The van der Waals surface area contributed by atoms with Crippen molar-refractivity contribution in [3.05, 3.63) is 270 Å². The first-order valence-corrected chi connectivity index (χ1v) is 58.1. The molecule has 0 saturated heterocycles. The summed E-state index contributed by atoms with van der Waals surface area (Å²) in [6.07, 6.45) is 4.50. The number of aromatic hydroxyl groups is 2. The summed E-state index contributed by atoms with van der Waals surface area (Å²) in [7, 11) is -6.65. The van der Waals surface area contributed by atoms with Crippen LogP contribution in [0, 0.1) is 70.0 Å². The molecule has 0 aromatic heterocycles. The third-order valence-corrected chi connectivity index (χ3v) is 38.1. The highest BCUT2D eigenvalue weighted by Gasteiger charge is 2.43. The summed E-state index contributed by atoms with van der Waals surface area (Å²) in [5.74, 6) is 23.7. The predicted octanol–water partition coefficient (Wildman–Crippen LogP) is 24.7. The van der Waals surface area contributed by atoms with Crippen LogP contribution in [0.1, 0.15) is 212 Å². The van der Waals surface area contributed by atoms with Crippen molar-refractivity contribution in [1.82, 2.24) is 4.90 Å². The van der Waals surface area contributed by atoms with E-state index in [1.165, 1.54) is 19.6 Å². The van der Waals surface area contributed by atoms with Gasteiger partial charge in [0, 0.05) is 65.7 Å². The predicted molar refractivity (Wildman–Crippen MR) is 541 cm³/mol. The van der Waals surface area contributed by atoms with Crippen molar-refractivity contribution in [2.45, 2.75) is 227 Å². The van der Waals surface area contributed by atoms with Crippen LogP contribution < -0.4 is 0 Å². The van der Waals surface area contributed by atoms with E-state index < -0.39 is 32.3 Å². The third kappa shape index (κ3) is 34.7. The molecular weight excluding hydrogens is 1720 g/mol. The number of fused-ring (bicyclic) bond motifs is 4. The second kappa shape index (κ2) is 55.1. The summed E-state index contributed by atoms with van der Waals surface area (Å²) in [6.45, 7) is 57.0. The number of halogens is 1. The van der Waals surface area contributed by atoms with Gasteiger partial charge in [-0.05, 0) is 152 Å². The largest absolute Gasteiger partial charge is 0.507 e. The first-order chi connectivity index (χ1) is 61.2. The van der Waals surface area contributed by atoms with Crippen LogP contribution in [0.15, 0.2) is 186 Å². The lowest BCUT2D eigenvalue weighted by Crippen LogP contribution is -2.43. The van der Waals surface area contributed by atoms with Crippen molar-refractivity contribution in [1.29, 1.82) is 0 Å². The van der Waals surface area contributed by atoms with Crippen LogP contribution in [0.25, 0.3) is 0 Å². The Morgan fingerprint density at radius 3 is 0.914 bits per heavy atom. The molecule has 0 fully saturated rings. The highest BCUT2D eigenvalue weighted by molar-refractivity contribution is 9.10. The third-order valence-electron chi connectivity index (χ3n) is 23.1. The second-order valence-electron chi connectivity index (χ2n) is 36.4. The minimum Gasteiger partial charge on any atom is -0.507 e. The fourth-order valence-electron chi connectivity index (χ4n) is 16.1. The van der Waals surface area contributed by atoms with Crippen molar-refractivity contribution in [2.24, 2.45) is 0 Å². The topological polar surface area (TPSA) is 136 Å². The monoisotopic (exact) mass is 1860 g/mol. The molecule has 18 heteroatoms. The van der Waals surface area contributed by atoms with Gasteiger partial charge in [0.2, 0.25) is 0 Å². The number of phenols is 2. The molecule has 0 aliphatic carbocycles. The van der Waals surface area contributed by atoms with Gasteiger partial charge in [-0.2, -0.15) is 0 Å². The molecule has 2 N–H and O–H groups in total. The number of terminal acetylenes is 1. The zero-order valence-corrected chi connectivity index (χ0v) is 86.0. The molecule has 0 amide bonds. The standard InChI is InChI=1S/C52H64O6Si2.C30H32O6.C22H33BrSi2.C6H15N/c1-39(2)60(40(3)4,41(5)6)31-24-42-20-22-44(25-30-59(7,8)9)47(32-42)23-21-43-33-48-35-55-37-50(45-16-12-10-13-17-45)57-28-26-54-27-29-58-51(46-18-14-11-15-19-46)38-56-36-49(34-43)52(48)53;1-2-23-17-26-19-33-21-28(24-9-5-3-6-10-24)35-15-13-32-14-16-36-29(25-11-7-4-8-12-25)22-34-20-27(18-23)30(26)31;1-17(2)25(18(3)4,19(5)6)15-12-20-10-11-21(22(23)16-20)13-14-24(7,8)9;1-4-7(5-2)6-3/h10-20,22,32-34,39-41,50-51,53H,26-29,35-38H2,1-9H3;1,3-12,17-18,28-29,31H,13-16,19-22H2;10-11,16-19H,1-9H3;4-6H2,1-3H3/t50-,51-;28-,29-;;/m11../s1. The van der Waals surface area contributed by atoms with Crippen molar-refractivity contribution < 1.29 is 57.6 Å². The Labute approximate surface area is 782 Å². The molecule has 128 heavy (non-hydrogen) atoms. The van der Waals surface area contributed by atoms with Gasteiger partial charge in [-0.15, -0.1) is 28.6 Å². The van der Waals surface area contributed by atoms with Gasteiger partial charge in [0.15, 0.2) is 0 Å². The molecule has 684 valence electrons. The van der Waals surface area contributed by atoms with Crippen LogP contribution in [0.3, 0.4) is 0 Å².